The first-order valence-corrected chi connectivity index (χ1v) is 10.3. The number of aliphatic hydroxyl groups is 1. The number of piperidine rings is 1. The molecular weight excluding hydrogens is 419 g/mol. The third kappa shape index (κ3) is 5.08. The van der Waals surface area contributed by atoms with E-state index in [1.807, 2.05) is 12.1 Å². The fourth-order valence-corrected chi connectivity index (χ4v) is 3.59. The predicted molar refractivity (Wildman–Crippen MR) is 116 cm³/mol. The summed E-state index contributed by atoms with van der Waals surface area (Å²) in [6, 6.07) is 15.0. The Kier molecular flexibility index (Phi) is 6.14. The van der Waals surface area contributed by atoms with Crippen LogP contribution in [-0.2, 0) is 6.18 Å². The lowest BCUT2D eigenvalue weighted by Crippen LogP contribution is -2.35. The highest BCUT2D eigenvalue weighted by molar-refractivity contribution is 6.07. The van der Waals surface area contributed by atoms with Crippen LogP contribution in [0, 0.1) is 0 Å². The quantitative estimate of drug-likeness (QED) is 0.459. The summed E-state index contributed by atoms with van der Waals surface area (Å²) in [4.78, 5) is 14.7. The standard InChI is InChI=1S/C24H22F3N3O2/c25-24(26,27)23-13-16-30(28-23)20-6-1-17(2-7-20)3-10-22(32)18-4-8-19(9-5-18)29-14-11-21(31)12-15-29/h1-10,13,16,21,31H,11-12,14-15H2/b10-3+. The first-order valence-electron chi connectivity index (χ1n) is 10.3. The molecule has 0 spiro atoms. The van der Waals surface area contributed by atoms with Gasteiger partial charge in [-0.05, 0) is 66.9 Å². The molecule has 0 bridgehead atoms. The van der Waals surface area contributed by atoms with Crippen molar-refractivity contribution in [2.24, 2.45) is 0 Å². The molecular formula is C24H22F3N3O2. The smallest absolute Gasteiger partial charge is 0.393 e. The van der Waals surface area contributed by atoms with Crippen LogP contribution in [0.4, 0.5) is 18.9 Å². The lowest BCUT2D eigenvalue weighted by molar-refractivity contribution is -0.141. The Morgan fingerprint density at radius 3 is 2.19 bits per heavy atom. The molecule has 1 saturated heterocycles. The lowest BCUT2D eigenvalue weighted by Gasteiger charge is -2.31. The van der Waals surface area contributed by atoms with E-state index in [1.165, 1.54) is 12.3 Å². The summed E-state index contributed by atoms with van der Waals surface area (Å²) in [7, 11) is 0. The van der Waals surface area contributed by atoms with Crippen molar-refractivity contribution >= 4 is 17.5 Å². The molecule has 0 radical (unpaired) electrons. The Balaban J connectivity index is 1.38. The topological polar surface area (TPSA) is 58.4 Å². The number of allylic oxidation sites excluding steroid dienone is 1. The molecule has 2 heterocycles. The molecule has 2 aromatic carbocycles. The predicted octanol–water partition coefficient (Wildman–Crippen LogP) is 4.75. The monoisotopic (exact) mass is 441 g/mol. The van der Waals surface area contributed by atoms with E-state index in [1.54, 1.807) is 42.5 Å². The highest BCUT2D eigenvalue weighted by atomic mass is 19.4. The van der Waals surface area contributed by atoms with Gasteiger partial charge in [-0.1, -0.05) is 18.2 Å². The molecule has 0 unspecified atom stereocenters. The minimum atomic E-state index is -4.48. The zero-order chi connectivity index (χ0) is 22.7. The number of aromatic nitrogens is 2. The molecule has 0 aliphatic carbocycles. The van der Waals surface area contributed by atoms with Crippen LogP contribution < -0.4 is 4.90 Å². The first kappa shape index (κ1) is 21.8. The van der Waals surface area contributed by atoms with Gasteiger partial charge in [0.25, 0.3) is 0 Å². The first-order chi connectivity index (χ1) is 15.3. The molecule has 0 amide bonds. The second-order valence-electron chi connectivity index (χ2n) is 7.70. The molecule has 0 saturated carbocycles. The van der Waals surface area contributed by atoms with Crippen LogP contribution in [0.2, 0.25) is 0 Å². The van der Waals surface area contributed by atoms with Gasteiger partial charge in [-0.15, -0.1) is 0 Å². The van der Waals surface area contributed by atoms with Crippen molar-refractivity contribution in [1.82, 2.24) is 9.78 Å². The average molecular weight is 441 g/mol. The van der Waals surface area contributed by atoms with Crippen LogP contribution >= 0.6 is 0 Å². The molecule has 166 valence electrons. The number of alkyl halides is 3. The van der Waals surface area contributed by atoms with Crippen molar-refractivity contribution < 1.29 is 23.1 Å². The third-order valence-corrected chi connectivity index (χ3v) is 5.45. The van der Waals surface area contributed by atoms with Crippen LogP contribution in [-0.4, -0.2) is 39.9 Å². The van der Waals surface area contributed by atoms with Gasteiger partial charge in [-0.25, -0.2) is 4.68 Å². The highest BCUT2D eigenvalue weighted by Gasteiger charge is 2.33. The van der Waals surface area contributed by atoms with Crippen LogP contribution in [0.1, 0.15) is 34.5 Å². The van der Waals surface area contributed by atoms with Gasteiger partial charge >= 0.3 is 6.18 Å². The van der Waals surface area contributed by atoms with Gasteiger partial charge in [-0.2, -0.15) is 18.3 Å². The van der Waals surface area contributed by atoms with Crippen molar-refractivity contribution in [3.63, 3.8) is 0 Å². The van der Waals surface area contributed by atoms with E-state index in [0.29, 0.717) is 11.3 Å². The maximum Gasteiger partial charge on any atom is 0.435 e. The largest absolute Gasteiger partial charge is 0.435 e. The normalized spacial score (nSPS) is 15.4. The van der Waals surface area contributed by atoms with Crippen molar-refractivity contribution in [1.29, 1.82) is 0 Å². The average Bonchev–Trinajstić information content (AvgIpc) is 3.30. The number of carbonyl (C=O) groups is 1. The minimum Gasteiger partial charge on any atom is -0.393 e. The van der Waals surface area contributed by atoms with Crippen LogP contribution in [0.25, 0.3) is 11.8 Å². The summed E-state index contributed by atoms with van der Waals surface area (Å²) in [5.41, 5.74) is 1.88. The maximum atomic E-state index is 12.7. The molecule has 1 aliphatic heterocycles. The number of benzene rings is 2. The molecule has 32 heavy (non-hydrogen) atoms. The molecule has 1 N–H and O–H groups in total. The zero-order valence-electron chi connectivity index (χ0n) is 17.2. The number of nitrogens with zero attached hydrogens (tertiary/aromatic N) is 3. The summed E-state index contributed by atoms with van der Waals surface area (Å²) in [5, 5.41) is 13.2. The van der Waals surface area contributed by atoms with Crippen LogP contribution in [0.5, 0.6) is 0 Å². The van der Waals surface area contributed by atoms with E-state index in [4.69, 9.17) is 0 Å². The number of ketones is 1. The molecule has 1 aliphatic rings. The van der Waals surface area contributed by atoms with Crippen LogP contribution in [0.15, 0.2) is 66.9 Å². The summed E-state index contributed by atoms with van der Waals surface area (Å²) in [6.07, 6.45) is 1.16. The number of anilines is 1. The molecule has 4 rings (SSSR count). The van der Waals surface area contributed by atoms with E-state index in [2.05, 4.69) is 10.00 Å². The molecule has 1 aromatic heterocycles. The molecule has 3 aromatic rings. The fourth-order valence-electron chi connectivity index (χ4n) is 3.59. The van der Waals surface area contributed by atoms with E-state index in [0.717, 1.165) is 47.9 Å². The van der Waals surface area contributed by atoms with Crippen LogP contribution in [0.3, 0.4) is 0 Å². The van der Waals surface area contributed by atoms with E-state index < -0.39 is 11.9 Å². The van der Waals surface area contributed by atoms with Crippen molar-refractivity contribution in [3.8, 4) is 5.69 Å². The van der Waals surface area contributed by atoms with E-state index in [9.17, 15) is 23.1 Å². The third-order valence-electron chi connectivity index (χ3n) is 5.45. The Labute approximate surface area is 183 Å². The second kappa shape index (κ2) is 9.00. The second-order valence-corrected chi connectivity index (χ2v) is 7.70. The Morgan fingerprint density at radius 2 is 1.59 bits per heavy atom. The summed E-state index contributed by atoms with van der Waals surface area (Å²) < 4.78 is 39.3. The van der Waals surface area contributed by atoms with E-state index >= 15 is 0 Å². The SMILES string of the molecule is O=C(/C=C/c1ccc(-n2ccc(C(F)(F)F)n2)cc1)c1ccc(N2CCC(O)CC2)cc1. The minimum absolute atomic E-state index is 0.142. The van der Waals surface area contributed by atoms with Gasteiger partial charge < -0.3 is 10.0 Å². The summed E-state index contributed by atoms with van der Waals surface area (Å²) >= 11 is 0. The Morgan fingerprint density at radius 1 is 0.969 bits per heavy atom. The van der Waals surface area contributed by atoms with Gasteiger partial charge in [-0.3, -0.25) is 4.79 Å². The molecule has 0 atom stereocenters. The van der Waals surface area contributed by atoms with Gasteiger partial charge in [0, 0.05) is 30.5 Å². The Bertz CT molecular complexity index is 1090. The zero-order valence-corrected chi connectivity index (χ0v) is 17.2. The van der Waals surface area contributed by atoms with Gasteiger partial charge in [0.05, 0.1) is 11.8 Å². The van der Waals surface area contributed by atoms with Gasteiger partial charge in [0.1, 0.15) is 0 Å². The molecule has 5 nitrogen and oxygen atoms in total. The lowest BCUT2D eigenvalue weighted by atomic mass is 10.1. The summed E-state index contributed by atoms with van der Waals surface area (Å²) in [5.74, 6) is -0.142. The Hall–Kier alpha value is -3.39. The molecule has 1 fully saturated rings. The highest BCUT2D eigenvalue weighted by Crippen LogP contribution is 2.28. The maximum absolute atomic E-state index is 12.7. The number of hydrogen-bond donors (Lipinski definition) is 1. The van der Waals surface area contributed by atoms with Crippen molar-refractivity contribution in [2.45, 2.75) is 25.1 Å². The van der Waals surface area contributed by atoms with E-state index in [-0.39, 0.29) is 11.9 Å². The number of halogens is 3. The number of hydrogen-bond acceptors (Lipinski definition) is 4. The van der Waals surface area contributed by atoms with Gasteiger partial charge in [0.2, 0.25) is 0 Å². The van der Waals surface area contributed by atoms with Gasteiger partial charge in [0.15, 0.2) is 11.5 Å². The van der Waals surface area contributed by atoms with Crippen molar-refractivity contribution in [2.75, 3.05) is 18.0 Å². The molecule has 8 heteroatoms. The number of rotatable bonds is 5. The number of carbonyl (C=O) groups excluding carboxylic acids is 1. The fraction of sp³-hybridized carbons (Fsp3) is 0.250. The summed E-state index contributed by atoms with van der Waals surface area (Å²) in [6.45, 7) is 1.58. The van der Waals surface area contributed by atoms with Crippen molar-refractivity contribution in [3.05, 3.63) is 83.7 Å². The number of aliphatic hydroxyl groups excluding tert-OH is 1.